The van der Waals surface area contributed by atoms with E-state index in [0.29, 0.717) is 0 Å². The Labute approximate surface area is 96.5 Å². The molecule has 0 atom stereocenters. The van der Waals surface area contributed by atoms with Gasteiger partial charge in [-0.3, -0.25) is 4.79 Å². The van der Waals surface area contributed by atoms with Crippen LogP contribution in [0.15, 0.2) is 39.2 Å². The molecule has 0 N–H and O–H groups in total. The number of hydrogen-bond donors (Lipinski definition) is 0. The molecule has 1 aromatic carbocycles. The van der Waals surface area contributed by atoms with E-state index in [-0.39, 0.29) is 0 Å². The van der Waals surface area contributed by atoms with Crippen LogP contribution < -0.4 is 0 Å². The average Bonchev–Trinajstić information content (AvgIpc) is 2.16. The predicted octanol–water partition coefficient (Wildman–Crippen LogP) is 2.05. The van der Waals surface area contributed by atoms with E-state index in [1.165, 1.54) is 6.08 Å². The number of carbonyl (C=O) groups is 1. The zero-order chi connectivity index (χ0) is 11.3. The molecule has 0 saturated heterocycles. The summed E-state index contributed by atoms with van der Waals surface area (Å²) >= 11 is 3.27. The maximum absolute atomic E-state index is 10.8. The largest absolute Gasteiger partial charge is 0.319 e. The SMILES string of the molecule is O=C(C=Cc1ccc(Br)cc1)N=S(=O)=O. The molecule has 0 aliphatic heterocycles. The Bertz CT molecular complexity index is 509. The van der Waals surface area contributed by atoms with Crippen molar-refractivity contribution in [1.29, 1.82) is 0 Å². The van der Waals surface area contributed by atoms with Gasteiger partial charge in [-0.25, -0.2) is 0 Å². The zero-order valence-electron chi connectivity index (χ0n) is 7.42. The van der Waals surface area contributed by atoms with Gasteiger partial charge in [-0.2, -0.15) is 8.42 Å². The van der Waals surface area contributed by atoms with Crippen LogP contribution in [0.3, 0.4) is 0 Å². The Hall–Kier alpha value is -1.27. The number of nitrogens with zero attached hydrogens (tertiary/aromatic N) is 1. The first-order chi connectivity index (χ1) is 7.08. The molecule has 0 aliphatic carbocycles. The highest BCUT2D eigenvalue weighted by Gasteiger charge is 1.92. The van der Waals surface area contributed by atoms with Gasteiger partial charge < -0.3 is 0 Å². The summed E-state index contributed by atoms with van der Waals surface area (Å²) in [5, 5.41) is 0. The van der Waals surface area contributed by atoms with Gasteiger partial charge in [-0.05, 0) is 23.8 Å². The number of amides is 1. The lowest BCUT2D eigenvalue weighted by Crippen LogP contribution is -1.84. The predicted molar refractivity (Wildman–Crippen MR) is 59.5 cm³/mol. The number of carbonyl (C=O) groups excluding carboxylic acids is 1. The van der Waals surface area contributed by atoms with Crippen LogP contribution >= 0.6 is 15.9 Å². The molecular weight excluding hydrogens is 282 g/mol. The Balaban J connectivity index is 2.78. The Morgan fingerprint density at radius 1 is 1.27 bits per heavy atom. The fourth-order valence-corrected chi connectivity index (χ4v) is 1.32. The fraction of sp³-hybridized carbons (Fsp3) is 0. The van der Waals surface area contributed by atoms with Gasteiger partial charge in [0.15, 0.2) is 0 Å². The van der Waals surface area contributed by atoms with E-state index < -0.39 is 16.4 Å². The third-order valence-corrected chi connectivity index (χ3v) is 2.31. The molecule has 0 saturated carbocycles. The first-order valence-corrected chi connectivity index (χ1v) is 5.69. The van der Waals surface area contributed by atoms with Gasteiger partial charge in [-0.15, -0.1) is 0 Å². The first-order valence-electron chi connectivity index (χ1n) is 3.86. The van der Waals surface area contributed by atoms with Crippen molar-refractivity contribution in [2.24, 2.45) is 4.36 Å². The molecule has 1 aromatic rings. The van der Waals surface area contributed by atoms with Crippen molar-refractivity contribution in [3.63, 3.8) is 0 Å². The Morgan fingerprint density at radius 3 is 2.40 bits per heavy atom. The van der Waals surface area contributed by atoms with Crippen molar-refractivity contribution < 1.29 is 13.2 Å². The second kappa shape index (κ2) is 5.57. The van der Waals surface area contributed by atoms with E-state index in [1.807, 2.05) is 12.1 Å². The van der Waals surface area contributed by atoms with Crippen molar-refractivity contribution in [1.82, 2.24) is 0 Å². The highest BCUT2D eigenvalue weighted by molar-refractivity contribution is 9.10. The van der Waals surface area contributed by atoms with Gasteiger partial charge in [-0.1, -0.05) is 32.4 Å². The molecule has 0 spiro atoms. The fourth-order valence-electron chi connectivity index (χ4n) is 0.845. The molecule has 0 fully saturated rings. The maximum Gasteiger partial charge on any atom is 0.319 e. The van der Waals surface area contributed by atoms with Crippen LogP contribution in [0.5, 0.6) is 0 Å². The van der Waals surface area contributed by atoms with Crippen molar-refractivity contribution in [3.05, 3.63) is 40.4 Å². The van der Waals surface area contributed by atoms with E-state index in [1.54, 1.807) is 12.1 Å². The summed E-state index contributed by atoms with van der Waals surface area (Å²) in [6.07, 6.45) is 2.59. The summed E-state index contributed by atoms with van der Waals surface area (Å²) in [6, 6.07) is 7.18. The Morgan fingerprint density at radius 2 is 1.87 bits per heavy atom. The smallest absolute Gasteiger partial charge is 0.266 e. The van der Waals surface area contributed by atoms with Crippen LogP contribution in [0.1, 0.15) is 5.56 Å². The highest BCUT2D eigenvalue weighted by atomic mass is 79.9. The molecular formula is C9H6BrNO3S. The van der Waals surface area contributed by atoms with Gasteiger partial charge in [0.25, 0.3) is 5.91 Å². The van der Waals surface area contributed by atoms with Gasteiger partial charge in [0, 0.05) is 10.5 Å². The van der Waals surface area contributed by atoms with Crippen LogP contribution in [-0.2, 0) is 15.3 Å². The number of halogens is 1. The molecule has 1 amide bonds. The molecule has 0 aliphatic rings. The molecule has 4 nitrogen and oxygen atoms in total. The van der Waals surface area contributed by atoms with Crippen molar-refractivity contribution in [2.45, 2.75) is 0 Å². The molecule has 6 heteroatoms. The normalized spacial score (nSPS) is 10.2. The lowest BCUT2D eigenvalue weighted by Gasteiger charge is -1.91. The average molecular weight is 288 g/mol. The van der Waals surface area contributed by atoms with Gasteiger partial charge in [0.05, 0.1) is 0 Å². The van der Waals surface area contributed by atoms with Crippen molar-refractivity contribution in [2.75, 3.05) is 0 Å². The molecule has 15 heavy (non-hydrogen) atoms. The van der Waals surface area contributed by atoms with Gasteiger partial charge in [0.1, 0.15) is 0 Å². The van der Waals surface area contributed by atoms with Crippen molar-refractivity contribution in [3.8, 4) is 0 Å². The third-order valence-electron chi connectivity index (χ3n) is 1.45. The summed E-state index contributed by atoms with van der Waals surface area (Å²) in [7, 11) is -2.69. The van der Waals surface area contributed by atoms with Gasteiger partial charge >= 0.3 is 10.5 Å². The standard InChI is InChI=1S/C9H6BrNO3S/c10-8-4-1-7(2-5-8)3-6-9(12)11-15(13)14/h1-6H. The lowest BCUT2D eigenvalue weighted by molar-refractivity contribution is -0.113. The summed E-state index contributed by atoms with van der Waals surface area (Å²) in [6.45, 7) is 0. The Kier molecular flexibility index (Phi) is 4.38. The summed E-state index contributed by atoms with van der Waals surface area (Å²) in [5.74, 6) is -0.800. The molecule has 0 heterocycles. The highest BCUT2D eigenvalue weighted by Crippen LogP contribution is 2.11. The molecule has 78 valence electrons. The number of hydrogen-bond acceptors (Lipinski definition) is 3. The minimum Gasteiger partial charge on any atom is -0.266 e. The van der Waals surface area contributed by atoms with E-state index in [2.05, 4.69) is 20.3 Å². The summed E-state index contributed by atoms with van der Waals surface area (Å²) in [5.41, 5.74) is 0.790. The second-order valence-corrected chi connectivity index (χ2v) is 4.06. The first kappa shape index (κ1) is 11.8. The number of rotatable bonds is 2. The lowest BCUT2D eigenvalue weighted by atomic mass is 10.2. The van der Waals surface area contributed by atoms with E-state index in [0.717, 1.165) is 16.1 Å². The summed E-state index contributed by atoms with van der Waals surface area (Å²) in [4.78, 5) is 10.8. The van der Waals surface area contributed by atoms with Crippen LogP contribution in [-0.4, -0.2) is 14.3 Å². The monoisotopic (exact) mass is 287 g/mol. The van der Waals surface area contributed by atoms with E-state index >= 15 is 0 Å². The number of benzene rings is 1. The minimum atomic E-state index is -2.69. The van der Waals surface area contributed by atoms with Gasteiger partial charge in [0.2, 0.25) is 0 Å². The second-order valence-electron chi connectivity index (χ2n) is 2.53. The molecule has 0 aromatic heterocycles. The van der Waals surface area contributed by atoms with Crippen LogP contribution in [0.2, 0.25) is 0 Å². The zero-order valence-corrected chi connectivity index (χ0v) is 9.82. The molecule has 1 rings (SSSR count). The molecule has 0 bridgehead atoms. The molecule has 0 unspecified atom stereocenters. The van der Waals surface area contributed by atoms with Crippen LogP contribution in [0.25, 0.3) is 6.08 Å². The van der Waals surface area contributed by atoms with E-state index in [4.69, 9.17) is 0 Å². The van der Waals surface area contributed by atoms with Crippen LogP contribution in [0.4, 0.5) is 0 Å². The minimum absolute atomic E-state index is 0.790. The third kappa shape index (κ3) is 4.66. The quantitative estimate of drug-likeness (QED) is 0.782. The topological polar surface area (TPSA) is 63.6 Å². The van der Waals surface area contributed by atoms with E-state index in [9.17, 15) is 13.2 Å². The summed E-state index contributed by atoms with van der Waals surface area (Å²) < 4.78 is 23.8. The molecule has 0 radical (unpaired) electrons. The van der Waals surface area contributed by atoms with Crippen LogP contribution in [0, 0.1) is 0 Å². The maximum atomic E-state index is 10.8. The van der Waals surface area contributed by atoms with Crippen molar-refractivity contribution >= 4 is 38.4 Å².